The molecule has 0 radical (unpaired) electrons. The third kappa shape index (κ3) is 3.72. The lowest BCUT2D eigenvalue weighted by Crippen LogP contribution is -2.23. The van der Waals surface area contributed by atoms with Gasteiger partial charge >= 0.3 is 0 Å². The van der Waals surface area contributed by atoms with Gasteiger partial charge in [-0.2, -0.15) is 5.26 Å². The predicted octanol–water partition coefficient (Wildman–Crippen LogP) is 1.81. The molecule has 0 saturated heterocycles. The number of carbonyl (C=O) groups excluding carboxylic acids is 1. The molecule has 102 valence electrons. The van der Waals surface area contributed by atoms with Gasteiger partial charge in [-0.25, -0.2) is 0 Å². The summed E-state index contributed by atoms with van der Waals surface area (Å²) in [4.78, 5) is 10.7. The van der Waals surface area contributed by atoms with Gasteiger partial charge in [-0.05, 0) is 43.9 Å². The van der Waals surface area contributed by atoms with Crippen molar-refractivity contribution < 1.29 is 9.90 Å². The van der Waals surface area contributed by atoms with Crippen molar-refractivity contribution in [3.8, 4) is 6.07 Å². The summed E-state index contributed by atoms with van der Waals surface area (Å²) in [5.74, 6) is -0.826. The molecule has 0 bridgehead atoms. The fourth-order valence-electron chi connectivity index (χ4n) is 2.00. The zero-order valence-electron chi connectivity index (χ0n) is 11.9. The Hall–Kier alpha value is -2.02. The van der Waals surface area contributed by atoms with Gasteiger partial charge in [0.05, 0.1) is 11.5 Å². The maximum absolute atomic E-state index is 10.7. The number of rotatable bonds is 5. The van der Waals surface area contributed by atoms with Crippen molar-refractivity contribution in [1.82, 2.24) is 4.57 Å². The Morgan fingerprint density at radius 2 is 2.16 bits per heavy atom. The van der Waals surface area contributed by atoms with Crippen molar-refractivity contribution in [2.45, 2.75) is 40.7 Å². The second-order valence-electron chi connectivity index (χ2n) is 5.12. The predicted molar refractivity (Wildman–Crippen MR) is 72.0 cm³/mol. The molecule has 4 nitrogen and oxygen atoms in total. The SMILES string of the molecule is Cc1cc(/C=C(/C#N)C(=O)[O-])c(C)n1CCC(C)C. The van der Waals surface area contributed by atoms with Crippen molar-refractivity contribution in [3.05, 3.63) is 28.6 Å². The summed E-state index contributed by atoms with van der Waals surface area (Å²) in [6.07, 6.45) is 2.44. The minimum absolute atomic E-state index is 0.343. The van der Waals surface area contributed by atoms with Crippen LogP contribution in [0.1, 0.15) is 37.2 Å². The molecule has 0 aliphatic rings. The molecule has 4 heteroatoms. The molecular formula is C15H19N2O2-. The molecule has 0 amide bonds. The summed E-state index contributed by atoms with van der Waals surface area (Å²) < 4.78 is 2.15. The fourth-order valence-corrected chi connectivity index (χ4v) is 2.00. The first kappa shape index (κ1) is 15.0. The van der Waals surface area contributed by atoms with Gasteiger partial charge < -0.3 is 14.5 Å². The van der Waals surface area contributed by atoms with E-state index in [2.05, 4.69) is 18.4 Å². The number of nitriles is 1. The summed E-state index contributed by atoms with van der Waals surface area (Å²) >= 11 is 0. The number of carboxylic acid groups (broad SMARTS) is 1. The molecule has 19 heavy (non-hydrogen) atoms. The van der Waals surface area contributed by atoms with E-state index in [4.69, 9.17) is 5.26 Å². The Morgan fingerprint density at radius 3 is 2.63 bits per heavy atom. The molecule has 0 unspecified atom stereocenters. The van der Waals surface area contributed by atoms with Gasteiger partial charge in [-0.1, -0.05) is 13.8 Å². The Morgan fingerprint density at radius 1 is 1.53 bits per heavy atom. The van der Waals surface area contributed by atoms with E-state index in [0.29, 0.717) is 5.92 Å². The molecule has 0 aliphatic heterocycles. The van der Waals surface area contributed by atoms with Crippen LogP contribution in [-0.4, -0.2) is 10.5 Å². The number of nitrogens with zero attached hydrogens (tertiary/aromatic N) is 2. The van der Waals surface area contributed by atoms with E-state index < -0.39 is 5.97 Å². The summed E-state index contributed by atoms with van der Waals surface area (Å²) in [6, 6.07) is 3.54. The van der Waals surface area contributed by atoms with Crippen LogP contribution in [0, 0.1) is 31.1 Å². The maximum atomic E-state index is 10.7. The summed E-state index contributed by atoms with van der Waals surface area (Å²) in [5, 5.41) is 19.5. The molecule has 1 rings (SSSR count). The van der Waals surface area contributed by atoms with Gasteiger partial charge in [-0.15, -0.1) is 0 Å². The lowest BCUT2D eigenvalue weighted by molar-refractivity contribution is -0.298. The molecule has 0 atom stereocenters. The van der Waals surface area contributed by atoms with Crippen molar-refractivity contribution in [2.75, 3.05) is 0 Å². The van der Waals surface area contributed by atoms with Crippen molar-refractivity contribution >= 4 is 12.0 Å². The van der Waals surface area contributed by atoms with Crippen LogP contribution in [0.3, 0.4) is 0 Å². The Kier molecular flexibility index (Phi) is 4.94. The van der Waals surface area contributed by atoms with Crippen LogP contribution in [0.4, 0.5) is 0 Å². The van der Waals surface area contributed by atoms with E-state index in [-0.39, 0.29) is 5.57 Å². The summed E-state index contributed by atoms with van der Waals surface area (Å²) in [7, 11) is 0. The maximum Gasteiger partial charge on any atom is 0.101 e. The van der Waals surface area contributed by atoms with Crippen LogP contribution in [-0.2, 0) is 11.3 Å². The van der Waals surface area contributed by atoms with Gasteiger partial charge in [0.1, 0.15) is 6.07 Å². The van der Waals surface area contributed by atoms with E-state index in [1.54, 1.807) is 6.07 Å². The third-order valence-electron chi connectivity index (χ3n) is 3.18. The smallest absolute Gasteiger partial charge is 0.101 e. The highest BCUT2D eigenvalue weighted by Crippen LogP contribution is 2.19. The van der Waals surface area contributed by atoms with Gasteiger partial charge in [-0.3, -0.25) is 0 Å². The van der Waals surface area contributed by atoms with Crippen molar-refractivity contribution in [1.29, 1.82) is 5.26 Å². The van der Waals surface area contributed by atoms with Crippen LogP contribution in [0.15, 0.2) is 11.6 Å². The normalized spacial score (nSPS) is 11.7. The minimum Gasteiger partial charge on any atom is -0.544 e. The monoisotopic (exact) mass is 259 g/mol. The van der Waals surface area contributed by atoms with Crippen molar-refractivity contribution in [2.24, 2.45) is 5.92 Å². The van der Waals surface area contributed by atoms with E-state index in [9.17, 15) is 9.90 Å². The average Bonchev–Trinajstić information content (AvgIpc) is 2.58. The topological polar surface area (TPSA) is 68.8 Å². The minimum atomic E-state index is -1.44. The molecule has 1 aromatic heterocycles. The van der Waals surface area contributed by atoms with Crippen LogP contribution in [0.2, 0.25) is 0 Å². The average molecular weight is 259 g/mol. The van der Waals surface area contributed by atoms with Crippen LogP contribution < -0.4 is 5.11 Å². The van der Waals surface area contributed by atoms with Crippen molar-refractivity contribution in [3.63, 3.8) is 0 Å². The van der Waals surface area contributed by atoms with E-state index >= 15 is 0 Å². The highest BCUT2D eigenvalue weighted by atomic mass is 16.4. The Balaban J connectivity index is 3.09. The number of hydrogen-bond donors (Lipinski definition) is 0. The highest BCUT2D eigenvalue weighted by molar-refractivity contribution is 5.95. The first-order valence-electron chi connectivity index (χ1n) is 6.36. The number of hydrogen-bond acceptors (Lipinski definition) is 3. The van der Waals surface area contributed by atoms with Gasteiger partial charge in [0.25, 0.3) is 0 Å². The molecule has 0 aliphatic carbocycles. The van der Waals surface area contributed by atoms with Gasteiger partial charge in [0.15, 0.2) is 0 Å². The second-order valence-corrected chi connectivity index (χ2v) is 5.12. The molecule has 0 fully saturated rings. The third-order valence-corrected chi connectivity index (χ3v) is 3.18. The molecule has 0 N–H and O–H groups in total. The van der Waals surface area contributed by atoms with Crippen LogP contribution in [0.5, 0.6) is 0 Å². The number of aryl methyl sites for hydroxylation is 1. The molecule has 1 heterocycles. The van der Waals surface area contributed by atoms with Gasteiger partial charge in [0.2, 0.25) is 0 Å². The quantitative estimate of drug-likeness (QED) is 0.598. The second kappa shape index (κ2) is 6.24. The number of aliphatic carboxylic acids is 1. The molecule has 0 spiro atoms. The van der Waals surface area contributed by atoms with E-state index in [1.807, 2.05) is 19.9 Å². The van der Waals surface area contributed by atoms with Gasteiger partial charge in [0, 0.05) is 17.9 Å². The largest absolute Gasteiger partial charge is 0.544 e. The zero-order chi connectivity index (χ0) is 14.6. The molecule has 0 saturated carbocycles. The number of carbonyl (C=O) groups is 1. The molecular weight excluding hydrogens is 240 g/mol. The molecule has 1 aromatic rings. The fraction of sp³-hybridized carbons (Fsp3) is 0.467. The first-order valence-corrected chi connectivity index (χ1v) is 6.36. The van der Waals surface area contributed by atoms with Crippen LogP contribution >= 0.6 is 0 Å². The number of aromatic nitrogens is 1. The summed E-state index contributed by atoms with van der Waals surface area (Å²) in [5.41, 5.74) is 2.47. The Bertz CT molecular complexity index is 545. The lowest BCUT2D eigenvalue weighted by Gasteiger charge is -2.11. The van der Waals surface area contributed by atoms with Crippen LogP contribution in [0.25, 0.3) is 6.08 Å². The zero-order valence-corrected chi connectivity index (χ0v) is 11.9. The lowest BCUT2D eigenvalue weighted by atomic mass is 10.1. The molecule has 0 aromatic carbocycles. The van der Waals surface area contributed by atoms with E-state index in [1.165, 1.54) is 6.08 Å². The summed E-state index contributed by atoms with van der Waals surface area (Å²) in [6.45, 7) is 9.15. The first-order chi connectivity index (χ1) is 8.86. The van der Waals surface area contributed by atoms with E-state index in [0.717, 1.165) is 29.9 Å². The highest BCUT2D eigenvalue weighted by Gasteiger charge is 2.09. The standard InChI is InChI=1S/C15H20N2O2/c1-10(2)5-6-17-11(3)7-13(12(17)4)8-14(9-16)15(18)19/h7-8,10H,5-6H2,1-4H3,(H,18,19)/p-1/b14-8-. The number of carboxylic acids is 1. The Labute approximate surface area is 114 Å².